The zero-order chi connectivity index (χ0) is 19.4. The Morgan fingerprint density at radius 1 is 0.963 bits per heavy atom. The minimum absolute atomic E-state index is 0.0650. The number of nitrogen functional groups attached to an aromatic ring is 1. The van der Waals surface area contributed by atoms with Gasteiger partial charge in [0.05, 0.1) is 11.6 Å². The lowest BCUT2D eigenvalue weighted by Crippen LogP contribution is -2.12. The van der Waals surface area contributed by atoms with E-state index in [9.17, 15) is 13.2 Å². The Hall–Kier alpha value is -3.29. The molecule has 0 saturated carbocycles. The first-order valence-corrected chi connectivity index (χ1v) is 8.21. The zero-order valence-corrected chi connectivity index (χ0v) is 14.5. The molecule has 2 aromatic carbocycles. The van der Waals surface area contributed by atoms with Gasteiger partial charge in [0.15, 0.2) is 11.6 Å². The van der Waals surface area contributed by atoms with Crippen molar-refractivity contribution in [2.45, 2.75) is 19.1 Å². The van der Waals surface area contributed by atoms with Crippen LogP contribution < -0.4 is 16.4 Å². The van der Waals surface area contributed by atoms with Gasteiger partial charge in [-0.2, -0.15) is 13.2 Å². The average molecular weight is 373 g/mol. The number of rotatable bonds is 5. The SMILES string of the molecule is CC(Nc1ncnc(Nc2cccc(C(F)(F)F)c2)c1N)c1ccccc1. The largest absolute Gasteiger partial charge is 0.416 e. The van der Waals surface area contributed by atoms with Crippen molar-refractivity contribution in [3.8, 4) is 0 Å². The molecule has 0 aliphatic heterocycles. The average Bonchev–Trinajstić information content (AvgIpc) is 2.65. The predicted molar refractivity (Wildman–Crippen MR) is 99.7 cm³/mol. The zero-order valence-electron chi connectivity index (χ0n) is 14.5. The van der Waals surface area contributed by atoms with E-state index in [0.717, 1.165) is 17.7 Å². The summed E-state index contributed by atoms with van der Waals surface area (Å²) >= 11 is 0. The molecule has 0 saturated heterocycles. The molecule has 1 atom stereocenters. The molecule has 27 heavy (non-hydrogen) atoms. The molecule has 0 radical (unpaired) electrons. The molecule has 4 N–H and O–H groups in total. The Morgan fingerprint density at radius 2 is 1.67 bits per heavy atom. The summed E-state index contributed by atoms with van der Waals surface area (Å²) in [5, 5.41) is 6.01. The molecule has 1 heterocycles. The van der Waals surface area contributed by atoms with Gasteiger partial charge in [0.1, 0.15) is 12.0 Å². The van der Waals surface area contributed by atoms with Crippen LogP contribution in [0.15, 0.2) is 60.9 Å². The number of halogens is 3. The maximum Gasteiger partial charge on any atom is 0.416 e. The molecule has 0 spiro atoms. The molecule has 0 aliphatic rings. The van der Waals surface area contributed by atoms with Crippen molar-refractivity contribution in [1.29, 1.82) is 0 Å². The van der Waals surface area contributed by atoms with Gasteiger partial charge in [-0.3, -0.25) is 0 Å². The highest BCUT2D eigenvalue weighted by atomic mass is 19.4. The van der Waals surface area contributed by atoms with Crippen LogP contribution in [-0.2, 0) is 6.18 Å². The van der Waals surface area contributed by atoms with Gasteiger partial charge in [-0.15, -0.1) is 0 Å². The van der Waals surface area contributed by atoms with Crippen molar-refractivity contribution in [2.24, 2.45) is 0 Å². The van der Waals surface area contributed by atoms with Gasteiger partial charge in [-0.05, 0) is 30.7 Å². The van der Waals surface area contributed by atoms with E-state index in [1.54, 1.807) is 0 Å². The maximum absolute atomic E-state index is 12.9. The fraction of sp³-hybridized carbons (Fsp3) is 0.158. The summed E-state index contributed by atoms with van der Waals surface area (Å²) in [4.78, 5) is 8.17. The van der Waals surface area contributed by atoms with E-state index in [1.165, 1.54) is 18.5 Å². The summed E-state index contributed by atoms with van der Waals surface area (Å²) < 4.78 is 38.6. The van der Waals surface area contributed by atoms with Gasteiger partial charge in [0.25, 0.3) is 0 Å². The minimum atomic E-state index is -4.42. The maximum atomic E-state index is 12.9. The van der Waals surface area contributed by atoms with Crippen molar-refractivity contribution >= 4 is 23.0 Å². The topological polar surface area (TPSA) is 75.9 Å². The van der Waals surface area contributed by atoms with E-state index in [1.807, 2.05) is 37.3 Å². The van der Waals surface area contributed by atoms with Crippen molar-refractivity contribution in [3.63, 3.8) is 0 Å². The van der Waals surface area contributed by atoms with E-state index in [4.69, 9.17) is 5.73 Å². The molecule has 0 bridgehead atoms. The molecular formula is C19H18F3N5. The van der Waals surface area contributed by atoms with E-state index >= 15 is 0 Å². The van der Waals surface area contributed by atoms with Gasteiger partial charge in [0, 0.05) is 5.69 Å². The molecule has 0 fully saturated rings. The van der Waals surface area contributed by atoms with Crippen molar-refractivity contribution in [3.05, 3.63) is 72.1 Å². The second-order valence-corrected chi connectivity index (χ2v) is 5.96. The molecule has 3 aromatic rings. The molecule has 8 heteroatoms. The first kappa shape index (κ1) is 18.5. The lowest BCUT2D eigenvalue weighted by Gasteiger charge is -2.18. The number of nitrogens with one attached hydrogen (secondary N) is 2. The number of nitrogens with two attached hydrogens (primary N) is 1. The van der Waals surface area contributed by atoms with E-state index in [2.05, 4.69) is 20.6 Å². The molecule has 3 rings (SSSR count). The Morgan fingerprint density at radius 3 is 2.37 bits per heavy atom. The number of hydrogen-bond donors (Lipinski definition) is 3. The normalized spacial score (nSPS) is 12.4. The van der Waals surface area contributed by atoms with Crippen LogP contribution in [0.3, 0.4) is 0 Å². The third kappa shape index (κ3) is 4.46. The number of anilines is 4. The van der Waals surface area contributed by atoms with Crippen LogP contribution in [0.5, 0.6) is 0 Å². The first-order valence-electron chi connectivity index (χ1n) is 8.21. The Bertz CT molecular complexity index is 913. The smallest absolute Gasteiger partial charge is 0.393 e. The highest BCUT2D eigenvalue weighted by Gasteiger charge is 2.30. The lowest BCUT2D eigenvalue weighted by molar-refractivity contribution is -0.137. The fourth-order valence-corrected chi connectivity index (χ4v) is 2.55. The van der Waals surface area contributed by atoms with Crippen molar-refractivity contribution in [1.82, 2.24) is 9.97 Å². The van der Waals surface area contributed by atoms with E-state index < -0.39 is 11.7 Å². The summed E-state index contributed by atoms with van der Waals surface area (Å²) in [6.07, 6.45) is -3.13. The Labute approximate surface area is 154 Å². The number of nitrogens with zero attached hydrogens (tertiary/aromatic N) is 2. The third-order valence-corrected chi connectivity index (χ3v) is 3.99. The van der Waals surface area contributed by atoms with Crippen molar-refractivity contribution in [2.75, 3.05) is 16.4 Å². The molecule has 1 aromatic heterocycles. The Balaban J connectivity index is 1.81. The molecular weight excluding hydrogens is 355 g/mol. The second kappa shape index (κ2) is 7.53. The van der Waals surface area contributed by atoms with Crippen LogP contribution in [0.1, 0.15) is 24.1 Å². The summed E-state index contributed by atoms with van der Waals surface area (Å²) in [7, 11) is 0. The Kier molecular flexibility index (Phi) is 5.16. The van der Waals surface area contributed by atoms with Crippen LogP contribution in [0, 0.1) is 0 Å². The quantitative estimate of drug-likeness (QED) is 0.587. The predicted octanol–water partition coefficient (Wildman–Crippen LogP) is 4.99. The van der Waals surface area contributed by atoms with Crippen LogP contribution in [0.4, 0.5) is 36.2 Å². The summed E-state index contributed by atoms with van der Waals surface area (Å²) in [5.41, 5.74) is 6.85. The van der Waals surface area contributed by atoms with Gasteiger partial charge >= 0.3 is 6.18 Å². The number of benzene rings is 2. The molecule has 0 aliphatic carbocycles. The molecule has 140 valence electrons. The highest BCUT2D eigenvalue weighted by Crippen LogP contribution is 2.33. The monoisotopic (exact) mass is 373 g/mol. The fourth-order valence-electron chi connectivity index (χ4n) is 2.55. The number of hydrogen-bond acceptors (Lipinski definition) is 5. The van der Waals surface area contributed by atoms with Crippen LogP contribution in [0.25, 0.3) is 0 Å². The summed E-state index contributed by atoms with van der Waals surface area (Å²) in [5.74, 6) is 0.628. The van der Waals surface area contributed by atoms with Crippen LogP contribution in [-0.4, -0.2) is 9.97 Å². The molecule has 0 amide bonds. The lowest BCUT2D eigenvalue weighted by atomic mass is 10.1. The van der Waals surface area contributed by atoms with Gasteiger partial charge in [-0.25, -0.2) is 9.97 Å². The first-order chi connectivity index (χ1) is 12.8. The number of alkyl halides is 3. The van der Waals surface area contributed by atoms with Crippen LogP contribution in [0.2, 0.25) is 0 Å². The third-order valence-electron chi connectivity index (χ3n) is 3.99. The number of aromatic nitrogens is 2. The van der Waals surface area contributed by atoms with Gasteiger partial charge in [0.2, 0.25) is 0 Å². The van der Waals surface area contributed by atoms with Crippen LogP contribution >= 0.6 is 0 Å². The van der Waals surface area contributed by atoms with E-state index in [0.29, 0.717) is 5.82 Å². The van der Waals surface area contributed by atoms with Crippen molar-refractivity contribution < 1.29 is 13.2 Å². The van der Waals surface area contributed by atoms with Gasteiger partial charge in [-0.1, -0.05) is 36.4 Å². The summed E-state index contributed by atoms with van der Waals surface area (Å²) in [6.45, 7) is 1.96. The highest BCUT2D eigenvalue weighted by molar-refractivity contribution is 5.77. The molecule has 1 unspecified atom stereocenters. The molecule has 5 nitrogen and oxygen atoms in total. The second-order valence-electron chi connectivity index (χ2n) is 5.96. The van der Waals surface area contributed by atoms with Gasteiger partial charge < -0.3 is 16.4 Å². The summed E-state index contributed by atoms with van der Waals surface area (Å²) in [6, 6.07) is 14.5. The minimum Gasteiger partial charge on any atom is -0.393 e. The standard InChI is InChI=1S/C19H18F3N5/c1-12(13-6-3-2-4-7-13)26-17-16(23)18(25-11-24-17)27-15-9-5-8-14(10-15)19(20,21)22/h2-12H,23H2,1H3,(H2,24,25,26,27). The van der Waals surface area contributed by atoms with E-state index in [-0.39, 0.29) is 23.2 Å².